The second kappa shape index (κ2) is 12.3. The maximum atomic E-state index is 13.4. The standard InChI is InChI=1S/C28H33N3O7/c1-19(37-23(32)16-29-27(35)38-28(3,4)5)17-30-20(2)24(25(33)31(30)22-14-10-7-11-15-22)26(34)36-18-21-12-8-6-9-13-21/h6-15,19H,16-18H2,1-5H3,(H,29,35)/t19-/m1/s1. The van der Waals surface area contributed by atoms with Crippen molar-refractivity contribution in [2.75, 3.05) is 6.54 Å². The summed E-state index contributed by atoms with van der Waals surface area (Å²) in [5, 5.41) is 2.35. The number of hydrogen-bond acceptors (Lipinski definition) is 7. The number of nitrogens with zero attached hydrogens (tertiary/aromatic N) is 2. The van der Waals surface area contributed by atoms with Crippen molar-refractivity contribution in [3.05, 3.63) is 87.8 Å². The van der Waals surface area contributed by atoms with Crippen LogP contribution in [0.1, 0.15) is 49.3 Å². The summed E-state index contributed by atoms with van der Waals surface area (Å²) in [6.07, 6.45) is -1.43. The lowest BCUT2D eigenvalue weighted by molar-refractivity contribution is -0.147. The number of amides is 1. The number of ether oxygens (including phenoxy) is 3. The van der Waals surface area contributed by atoms with Crippen LogP contribution < -0.4 is 10.9 Å². The second-order valence-electron chi connectivity index (χ2n) is 9.71. The van der Waals surface area contributed by atoms with Gasteiger partial charge in [0.05, 0.1) is 17.9 Å². The highest BCUT2D eigenvalue weighted by atomic mass is 16.6. The first kappa shape index (κ1) is 28.2. The molecule has 0 radical (unpaired) electrons. The Kier molecular flexibility index (Phi) is 9.11. The van der Waals surface area contributed by atoms with E-state index in [0.717, 1.165) is 5.56 Å². The quantitative estimate of drug-likeness (QED) is 0.335. The first-order valence-corrected chi connectivity index (χ1v) is 12.2. The first-order chi connectivity index (χ1) is 18.0. The molecule has 0 aliphatic rings. The lowest BCUT2D eigenvalue weighted by atomic mass is 10.2. The van der Waals surface area contributed by atoms with Gasteiger partial charge in [-0.05, 0) is 52.3 Å². The van der Waals surface area contributed by atoms with Crippen molar-refractivity contribution in [3.63, 3.8) is 0 Å². The molecule has 2 aromatic carbocycles. The second-order valence-corrected chi connectivity index (χ2v) is 9.71. The molecule has 38 heavy (non-hydrogen) atoms. The summed E-state index contributed by atoms with van der Waals surface area (Å²) in [5.41, 5.74) is 0.349. The predicted molar refractivity (Wildman–Crippen MR) is 140 cm³/mol. The van der Waals surface area contributed by atoms with Gasteiger partial charge >= 0.3 is 18.0 Å². The van der Waals surface area contributed by atoms with Crippen molar-refractivity contribution in [1.29, 1.82) is 0 Å². The van der Waals surface area contributed by atoms with Gasteiger partial charge in [0.25, 0.3) is 5.56 Å². The van der Waals surface area contributed by atoms with Crippen LogP contribution in [-0.2, 0) is 32.2 Å². The maximum Gasteiger partial charge on any atom is 0.408 e. The number of carbonyl (C=O) groups excluding carboxylic acids is 3. The lowest BCUT2D eigenvalue weighted by Crippen LogP contribution is -2.37. The molecule has 0 unspecified atom stereocenters. The molecular formula is C28H33N3O7. The minimum atomic E-state index is -0.744. The van der Waals surface area contributed by atoms with Crippen LogP contribution in [0.3, 0.4) is 0 Å². The SMILES string of the molecule is Cc1c(C(=O)OCc2ccccc2)c(=O)n(-c2ccccc2)n1C[C@@H](C)OC(=O)CNC(=O)OC(C)(C)C. The molecule has 10 nitrogen and oxygen atoms in total. The highest BCUT2D eigenvalue weighted by molar-refractivity contribution is 5.90. The minimum absolute atomic E-state index is 0.0216. The molecule has 0 aliphatic heterocycles. The monoisotopic (exact) mass is 523 g/mol. The number of esters is 2. The summed E-state index contributed by atoms with van der Waals surface area (Å²) in [6, 6.07) is 18.0. The fourth-order valence-corrected chi connectivity index (χ4v) is 3.73. The van der Waals surface area contributed by atoms with Crippen molar-refractivity contribution in [3.8, 4) is 5.69 Å². The van der Waals surface area contributed by atoms with Crippen LogP contribution >= 0.6 is 0 Å². The highest BCUT2D eigenvalue weighted by Crippen LogP contribution is 2.15. The molecule has 1 atom stereocenters. The molecule has 0 saturated heterocycles. The van der Waals surface area contributed by atoms with Crippen molar-refractivity contribution in [1.82, 2.24) is 14.7 Å². The number of alkyl carbamates (subject to hydrolysis) is 1. The summed E-state index contributed by atoms with van der Waals surface area (Å²) in [6.45, 7) is 8.13. The number of hydrogen-bond donors (Lipinski definition) is 1. The van der Waals surface area contributed by atoms with E-state index in [2.05, 4.69) is 5.32 Å². The fourth-order valence-electron chi connectivity index (χ4n) is 3.73. The Morgan fingerprint density at radius 1 is 0.974 bits per heavy atom. The van der Waals surface area contributed by atoms with E-state index < -0.39 is 35.3 Å². The molecule has 1 amide bonds. The molecule has 1 N–H and O–H groups in total. The Hall–Kier alpha value is -4.34. The van der Waals surface area contributed by atoms with Crippen LogP contribution in [0.25, 0.3) is 5.69 Å². The van der Waals surface area contributed by atoms with Crippen LogP contribution in [0.4, 0.5) is 4.79 Å². The van der Waals surface area contributed by atoms with Gasteiger partial charge in [0, 0.05) is 0 Å². The summed E-state index contributed by atoms with van der Waals surface area (Å²) < 4.78 is 18.9. The van der Waals surface area contributed by atoms with Gasteiger partial charge < -0.3 is 19.5 Å². The zero-order chi connectivity index (χ0) is 27.9. The maximum absolute atomic E-state index is 13.4. The molecule has 202 valence electrons. The Morgan fingerprint density at radius 3 is 2.18 bits per heavy atom. The zero-order valence-corrected chi connectivity index (χ0v) is 22.2. The average molecular weight is 524 g/mol. The van der Waals surface area contributed by atoms with E-state index in [0.29, 0.717) is 11.4 Å². The molecule has 1 heterocycles. The van der Waals surface area contributed by atoms with Gasteiger partial charge in [-0.15, -0.1) is 0 Å². The van der Waals surface area contributed by atoms with Crippen LogP contribution in [0.5, 0.6) is 0 Å². The molecule has 0 bridgehead atoms. The van der Waals surface area contributed by atoms with E-state index in [1.54, 1.807) is 63.6 Å². The van der Waals surface area contributed by atoms with Crippen molar-refractivity contribution in [2.24, 2.45) is 0 Å². The number of benzene rings is 2. The molecule has 3 aromatic rings. The first-order valence-electron chi connectivity index (χ1n) is 12.2. The molecule has 0 spiro atoms. The Morgan fingerprint density at radius 2 is 1.58 bits per heavy atom. The third-order valence-corrected chi connectivity index (χ3v) is 5.35. The molecule has 1 aromatic heterocycles. The number of nitrogens with one attached hydrogen (secondary N) is 1. The zero-order valence-electron chi connectivity index (χ0n) is 22.2. The molecule has 0 fully saturated rings. The van der Waals surface area contributed by atoms with E-state index in [1.165, 1.54) is 4.68 Å². The largest absolute Gasteiger partial charge is 0.459 e. The van der Waals surface area contributed by atoms with E-state index in [9.17, 15) is 19.2 Å². The molecule has 0 saturated carbocycles. The van der Waals surface area contributed by atoms with Crippen LogP contribution in [0.2, 0.25) is 0 Å². The topological polar surface area (TPSA) is 118 Å². The van der Waals surface area contributed by atoms with Crippen molar-refractivity contribution in [2.45, 2.75) is 59.5 Å². The molecule has 0 aliphatic carbocycles. The van der Waals surface area contributed by atoms with Crippen molar-refractivity contribution < 1.29 is 28.6 Å². The number of para-hydroxylation sites is 1. The predicted octanol–water partition coefficient (Wildman–Crippen LogP) is 3.76. The summed E-state index contributed by atoms with van der Waals surface area (Å²) in [7, 11) is 0. The Bertz CT molecular complexity index is 1320. The molecule has 10 heteroatoms. The van der Waals surface area contributed by atoms with E-state index in [1.807, 2.05) is 36.4 Å². The van der Waals surface area contributed by atoms with Gasteiger partial charge in [-0.25, -0.2) is 14.3 Å². The number of aromatic nitrogens is 2. The smallest absolute Gasteiger partial charge is 0.408 e. The lowest BCUT2D eigenvalue weighted by Gasteiger charge is -2.20. The third kappa shape index (κ3) is 7.58. The van der Waals surface area contributed by atoms with Crippen molar-refractivity contribution >= 4 is 18.0 Å². The minimum Gasteiger partial charge on any atom is -0.459 e. The van der Waals surface area contributed by atoms with Gasteiger partial charge in [-0.2, -0.15) is 0 Å². The van der Waals surface area contributed by atoms with Gasteiger partial charge in [0.2, 0.25) is 0 Å². The van der Waals surface area contributed by atoms with Gasteiger partial charge in [-0.1, -0.05) is 48.5 Å². The van der Waals surface area contributed by atoms with Gasteiger partial charge in [-0.3, -0.25) is 14.3 Å². The van der Waals surface area contributed by atoms with Crippen LogP contribution in [0, 0.1) is 6.92 Å². The summed E-state index contributed by atoms with van der Waals surface area (Å²) in [4.78, 5) is 50.5. The van der Waals surface area contributed by atoms with E-state index in [-0.39, 0.29) is 25.3 Å². The average Bonchev–Trinajstić information content (AvgIpc) is 3.10. The van der Waals surface area contributed by atoms with E-state index in [4.69, 9.17) is 14.2 Å². The molecule has 3 rings (SSSR count). The molecular weight excluding hydrogens is 490 g/mol. The number of rotatable bonds is 9. The van der Waals surface area contributed by atoms with Gasteiger partial charge in [0.1, 0.15) is 30.4 Å². The number of carbonyl (C=O) groups is 3. The van der Waals surface area contributed by atoms with Crippen LogP contribution in [-0.4, -0.2) is 45.6 Å². The summed E-state index contributed by atoms with van der Waals surface area (Å²) in [5.74, 6) is -1.42. The Balaban J connectivity index is 1.78. The van der Waals surface area contributed by atoms with Gasteiger partial charge in [0.15, 0.2) is 0 Å². The fraction of sp³-hybridized carbons (Fsp3) is 0.357. The Labute approximate surface area is 221 Å². The normalized spacial score (nSPS) is 11.9. The van der Waals surface area contributed by atoms with Crippen LogP contribution in [0.15, 0.2) is 65.5 Å². The highest BCUT2D eigenvalue weighted by Gasteiger charge is 2.26. The summed E-state index contributed by atoms with van der Waals surface area (Å²) >= 11 is 0. The van der Waals surface area contributed by atoms with E-state index >= 15 is 0 Å². The third-order valence-electron chi connectivity index (χ3n) is 5.35.